The molecule has 11 heavy (non-hydrogen) atoms. The van der Waals surface area contributed by atoms with Crippen molar-refractivity contribution in [3.8, 4) is 0 Å². The van der Waals surface area contributed by atoms with Crippen LogP contribution in [0.1, 0.15) is 0 Å². The Bertz CT molecular complexity index is 94.1. The van der Waals surface area contributed by atoms with Crippen molar-refractivity contribution >= 4 is 213 Å². The van der Waals surface area contributed by atoms with Crippen LogP contribution >= 0.6 is 7.60 Å². The van der Waals surface area contributed by atoms with Gasteiger partial charge in [0.2, 0.25) is 0 Å². The summed E-state index contributed by atoms with van der Waals surface area (Å²) >= 11 is 0. The average molecular weight is 286 g/mol. The van der Waals surface area contributed by atoms with Gasteiger partial charge in [-0.1, -0.05) is 0 Å². The molecule has 0 bridgehead atoms. The van der Waals surface area contributed by atoms with Crippen molar-refractivity contribution < 1.29 is 19.5 Å². The summed E-state index contributed by atoms with van der Waals surface area (Å²) in [4.78, 5) is 15.9. The first-order valence-corrected chi connectivity index (χ1v) is 3.51. The van der Waals surface area contributed by atoms with Crippen molar-refractivity contribution in [2.45, 2.75) is 0 Å². The quantitative estimate of drug-likeness (QED) is 0.365. The molecule has 0 atom stereocenters. The van der Waals surface area contributed by atoms with Crippen molar-refractivity contribution in [2.24, 2.45) is 0 Å². The molecule has 3 N–H and O–H groups in total. The van der Waals surface area contributed by atoms with Gasteiger partial charge in [-0.2, -0.15) is 0 Å². The fourth-order valence-corrected chi connectivity index (χ4v) is 0.391. The van der Waals surface area contributed by atoms with Crippen molar-refractivity contribution in [1.29, 1.82) is 0 Å². The van der Waals surface area contributed by atoms with Crippen LogP contribution in [0.25, 0.3) is 0 Å². The SMILES string of the molecule is O=P(O)(O)CCO.[KH].[KH].[KH].[KH]. The van der Waals surface area contributed by atoms with Crippen LogP contribution in [-0.2, 0) is 4.57 Å². The minimum atomic E-state index is -3.92. The van der Waals surface area contributed by atoms with E-state index >= 15 is 0 Å². The van der Waals surface area contributed by atoms with Crippen LogP contribution in [0, 0.1) is 0 Å². The van der Waals surface area contributed by atoms with Gasteiger partial charge in [0.15, 0.2) is 0 Å². The van der Waals surface area contributed by atoms with Gasteiger partial charge in [-0.05, 0) is 0 Å². The Hall–Kier alpha value is 6.66. The number of hydrogen-bond acceptors (Lipinski definition) is 2. The topological polar surface area (TPSA) is 77.8 Å². The van der Waals surface area contributed by atoms with Gasteiger partial charge in [0.25, 0.3) is 0 Å². The van der Waals surface area contributed by atoms with Crippen LogP contribution in [0.4, 0.5) is 0 Å². The summed E-state index contributed by atoms with van der Waals surface area (Å²) in [6.07, 6.45) is -0.438. The third-order valence-corrected chi connectivity index (χ3v) is 1.17. The second-order valence-corrected chi connectivity index (χ2v) is 2.89. The van der Waals surface area contributed by atoms with E-state index in [4.69, 9.17) is 14.9 Å². The third-order valence-electron chi connectivity index (χ3n) is 0.391. The number of hydrogen-bond donors (Lipinski definition) is 3. The van der Waals surface area contributed by atoms with E-state index in [-0.39, 0.29) is 206 Å². The Morgan fingerprint density at radius 2 is 1.27 bits per heavy atom. The van der Waals surface area contributed by atoms with Gasteiger partial charge in [-0.25, -0.2) is 0 Å². The molecule has 4 nitrogen and oxygen atoms in total. The molecule has 0 aliphatic rings. The predicted octanol–water partition coefficient (Wildman–Crippen LogP) is -3.44. The summed E-state index contributed by atoms with van der Waals surface area (Å²) in [5, 5.41) is 7.91. The van der Waals surface area contributed by atoms with Gasteiger partial charge < -0.3 is 14.9 Å². The zero-order chi connectivity index (χ0) is 5.91. The van der Waals surface area contributed by atoms with Gasteiger partial charge in [-0.3, -0.25) is 4.57 Å². The molecule has 0 aromatic rings. The summed E-state index contributed by atoms with van der Waals surface area (Å²) in [6.45, 7) is -0.454. The molecule has 0 radical (unpaired) electrons. The molecule has 0 heterocycles. The van der Waals surface area contributed by atoms with Crippen LogP contribution in [0.3, 0.4) is 0 Å². The Kier molecular flexibility index (Phi) is 52.8. The predicted molar refractivity (Wildman–Crippen MR) is 52.6 cm³/mol. The van der Waals surface area contributed by atoms with E-state index in [2.05, 4.69) is 0 Å². The van der Waals surface area contributed by atoms with E-state index in [0.717, 1.165) is 0 Å². The Labute approximate surface area is 237 Å². The van der Waals surface area contributed by atoms with E-state index in [0.29, 0.717) is 0 Å². The molecule has 0 fully saturated rings. The van der Waals surface area contributed by atoms with Crippen molar-refractivity contribution in [3.63, 3.8) is 0 Å². The van der Waals surface area contributed by atoms with Crippen molar-refractivity contribution in [2.75, 3.05) is 12.8 Å². The average Bonchev–Trinajstić information content (AvgIpc) is 1.30. The molecule has 0 aromatic heterocycles. The maximum atomic E-state index is 9.77. The Morgan fingerprint density at radius 3 is 1.27 bits per heavy atom. The number of aliphatic hydroxyl groups is 1. The first-order chi connectivity index (χ1) is 3.06. The van der Waals surface area contributed by atoms with E-state index in [1.807, 2.05) is 0 Å². The van der Waals surface area contributed by atoms with Crippen LogP contribution in [-0.4, -0.2) is 233 Å². The van der Waals surface area contributed by atoms with Crippen molar-refractivity contribution in [1.82, 2.24) is 0 Å². The van der Waals surface area contributed by atoms with Gasteiger partial charge >= 0.3 is 213 Å². The first kappa shape index (κ1) is 30.6. The molecule has 0 unspecified atom stereocenters. The summed E-state index contributed by atoms with van der Waals surface area (Å²) in [6, 6.07) is 0. The van der Waals surface area contributed by atoms with Crippen molar-refractivity contribution in [3.05, 3.63) is 0 Å². The zero-order valence-corrected chi connectivity index (χ0v) is 4.51. The molecule has 0 saturated heterocycles. The zero-order valence-electron chi connectivity index (χ0n) is 3.61. The molecule has 0 saturated carbocycles. The maximum absolute atomic E-state index is 9.77. The van der Waals surface area contributed by atoms with Crippen LogP contribution < -0.4 is 0 Å². The monoisotopic (exact) mass is 286 g/mol. The molecular formula is C2H11K4O4P. The van der Waals surface area contributed by atoms with E-state index in [9.17, 15) is 4.57 Å². The minimum absolute atomic E-state index is 0. The molecule has 0 aliphatic carbocycles. The fraction of sp³-hybridized carbons (Fsp3) is 1.00. The molecule has 0 amide bonds. The normalized spacial score (nSPS) is 7.55. The second-order valence-electron chi connectivity index (χ2n) is 1.11. The fourth-order valence-electron chi connectivity index (χ4n) is 0.130. The Balaban J connectivity index is -0.0000000300. The second kappa shape index (κ2) is 19.0. The van der Waals surface area contributed by atoms with Crippen LogP contribution in [0.2, 0.25) is 0 Å². The summed E-state index contributed by atoms with van der Waals surface area (Å²) in [5.74, 6) is 0. The molecule has 0 rings (SSSR count). The van der Waals surface area contributed by atoms with Crippen LogP contribution in [0.15, 0.2) is 0 Å². The van der Waals surface area contributed by atoms with Gasteiger partial charge in [0, 0.05) is 0 Å². The standard InChI is InChI=1S/C2H7O4P.4K.4H/c3-1-2-7(4,5)6;;;;;;;;/h3H,1-2H2,(H2,4,5,6);;;;;;;;. The number of aliphatic hydroxyl groups excluding tert-OH is 1. The molecule has 0 aromatic carbocycles. The van der Waals surface area contributed by atoms with E-state index in [1.165, 1.54) is 0 Å². The summed E-state index contributed by atoms with van der Waals surface area (Å²) in [5.41, 5.74) is 0. The Morgan fingerprint density at radius 1 is 1.00 bits per heavy atom. The van der Waals surface area contributed by atoms with Gasteiger partial charge in [0.1, 0.15) is 0 Å². The molecule has 9 heteroatoms. The molecule has 52 valence electrons. The van der Waals surface area contributed by atoms with E-state index in [1.54, 1.807) is 0 Å². The molecule has 0 spiro atoms. The third kappa shape index (κ3) is 31.5. The summed E-state index contributed by atoms with van der Waals surface area (Å²) < 4.78 is 9.77. The number of rotatable bonds is 2. The first-order valence-electron chi connectivity index (χ1n) is 1.72. The summed E-state index contributed by atoms with van der Waals surface area (Å²) in [7, 11) is -3.92. The van der Waals surface area contributed by atoms with Gasteiger partial charge in [-0.15, -0.1) is 0 Å². The van der Waals surface area contributed by atoms with E-state index < -0.39 is 20.4 Å². The molecule has 0 aliphatic heterocycles. The van der Waals surface area contributed by atoms with Gasteiger partial charge in [0.05, 0.1) is 12.8 Å². The van der Waals surface area contributed by atoms with Crippen LogP contribution in [0.5, 0.6) is 0 Å². The molecular weight excluding hydrogens is 275 g/mol.